The highest BCUT2D eigenvalue weighted by Gasteiger charge is 2.40. The third-order valence-corrected chi connectivity index (χ3v) is 6.61. The lowest BCUT2D eigenvalue weighted by molar-refractivity contribution is -0.136. The molecule has 2 N–H and O–H groups in total. The van der Waals surface area contributed by atoms with Crippen LogP contribution in [0.5, 0.6) is 11.5 Å². The largest absolute Gasteiger partial charge is 0.497 e. The first kappa shape index (κ1) is 24.0. The SMILES string of the molecule is COc1cccc(CNC(=O)[C@@H]2C[C@@H](O)CN2C2CCN(C(=O)COc3ccccc3)CC2)c1. The van der Waals surface area contributed by atoms with Crippen molar-refractivity contribution in [3.63, 3.8) is 0 Å². The zero-order valence-corrected chi connectivity index (χ0v) is 19.6. The van der Waals surface area contributed by atoms with Crippen molar-refractivity contribution in [2.75, 3.05) is 33.4 Å². The first-order chi connectivity index (χ1) is 16.5. The maximum atomic E-state index is 13.0. The van der Waals surface area contributed by atoms with Gasteiger partial charge in [0.15, 0.2) is 6.61 Å². The van der Waals surface area contributed by atoms with Crippen LogP contribution in [0, 0.1) is 0 Å². The lowest BCUT2D eigenvalue weighted by Gasteiger charge is -2.38. The van der Waals surface area contributed by atoms with Gasteiger partial charge >= 0.3 is 0 Å². The summed E-state index contributed by atoms with van der Waals surface area (Å²) in [6.45, 7) is 2.14. The van der Waals surface area contributed by atoms with Crippen molar-refractivity contribution < 1.29 is 24.2 Å². The number of methoxy groups -OCH3 is 1. The summed E-state index contributed by atoms with van der Waals surface area (Å²) in [5.41, 5.74) is 0.960. The highest BCUT2D eigenvalue weighted by atomic mass is 16.5. The fourth-order valence-electron chi connectivity index (χ4n) is 4.79. The number of nitrogens with zero attached hydrogens (tertiary/aromatic N) is 2. The second kappa shape index (κ2) is 11.4. The Hall–Kier alpha value is -3.10. The van der Waals surface area contributed by atoms with Gasteiger partial charge in [-0.1, -0.05) is 30.3 Å². The summed E-state index contributed by atoms with van der Waals surface area (Å²) in [7, 11) is 1.62. The molecule has 2 atom stereocenters. The van der Waals surface area contributed by atoms with Crippen molar-refractivity contribution in [3.05, 3.63) is 60.2 Å². The van der Waals surface area contributed by atoms with Crippen molar-refractivity contribution in [2.24, 2.45) is 0 Å². The molecule has 0 unspecified atom stereocenters. The molecule has 34 heavy (non-hydrogen) atoms. The van der Waals surface area contributed by atoms with Gasteiger partial charge in [0, 0.05) is 32.2 Å². The van der Waals surface area contributed by atoms with Gasteiger partial charge in [0.2, 0.25) is 5.91 Å². The molecule has 0 saturated carbocycles. The smallest absolute Gasteiger partial charge is 0.260 e. The average Bonchev–Trinajstić information content (AvgIpc) is 3.28. The number of para-hydroxylation sites is 1. The number of aliphatic hydroxyl groups excluding tert-OH is 1. The molecule has 0 aromatic heterocycles. The Bertz CT molecular complexity index is 962. The van der Waals surface area contributed by atoms with Crippen LogP contribution < -0.4 is 14.8 Å². The lowest BCUT2D eigenvalue weighted by Crippen LogP contribution is -2.52. The first-order valence-corrected chi connectivity index (χ1v) is 11.8. The summed E-state index contributed by atoms with van der Waals surface area (Å²) in [5.74, 6) is 1.32. The molecule has 0 aliphatic carbocycles. The molecule has 8 nitrogen and oxygen atoms in total. The van der Waals surface area contributed by atoms with E-state index in [1.165, 1.54) is 0 Å². The third-order valence-electron chi connectivity index (χ3n) is 6.61. The van der Waals surface area contributed by atoms with E-state index >= 15 is 0 Å². The quantitative estimate of drug-likeness (QED) is 0.616. The Morgan fingerprint density at radius 1 is 1.06 bits per heavy atom. The molecule has 0 radical (unpaired) electrons. The standard InChI is InChI=1S/C26H33N3O5/c1-33-23-9-5-6-19(14-23)16-27-26(32)24-15-21(30)17-29(24)20-10-12-28(13-11-20)25(31)18-34-22-7-3-2-4-8-22/h2-9,14,20-21,24,30H,10-13,15-18H2,1H3,(H,27,32)/t21-,24+/m1/s1. The van der Waals surface area contributed by atoms with Gasteiger partial charge in [-0.05, 0) is 49.1 Å². The summed E-state index contributed by atoms with van der Waals surface area (Å²) in [6, 6.07) is 16.7. The molecule has 8 heteroatoms. The highest BCUT2D eigenvalue weighted by molar-refractivity contribution is 5.82. The Labute approximate surface area is 200 Å². The molecular formula is C26H33N3O5. The van der Waals surface area contributed by atoms with Crippen LogP contribution in [-0.2, 0) is 16.1 Å². The minimum absolute atomic E-state index is 0.0202. The average molecular weight is 468 g/mol. The van der Waals surface area contributed by atoms with E-state index < -0.39 is 6.10 Å². The van der Waals surface area contributed by atoms with Gasteiger partial charge in [-0.2, -0.15) is 0 Å². The van der Waals surface area contributed by atoms with Crippen molar-refractivity contribution in [1.82, 2.24) is 15.1 Å². The molecule has 2 aromatic carbocycles. The van der Waals surface area contributed by atoms with Crippen LogP contribution >= 0.6 is 0 Å². The fraction of sp³-hybridized carbons (Fsp3) is 0.462. The molecule has 2 amide bonds. The van der Waals surface area contributed by atoms with Gasteiger partial charge in [0.1, 0.15) is 11.5 Å². The van der Waals surface area contributed by atoms with E-state index in [4.69, 9.17) is 9.47 Å². The number of benzene rings is 2. The van der Waals surface area contributed by atoms with Crippen LogP contribution in [0.25, 0.3) is 0 Å². The van der Waals surface area contributed by atoms with Crippen molar-refractivity contribution in [2.45, 2.75) is 44.0 Å². The normalized spacial score (nSPS) is 21.3. The third kappa shape index (κ3) is 6.07. The molecule has 2 aliphatic rings. The predicted molar refractivity (Wildman–Crippen MR) is 127 cm³/mol. The molecule has 2 aromatic rings. The van der Waals surface area contributed by atoms with E-state index in [1.807, 2.05) is 59.5 Å². The number of carbonyl (C=O) groups excluding carboxylic acids is 2. The number of hydrogen-bond donors (Lipinski definition) is 2. The van der Waals surface area contributed by atoms with Crippen LogP contribution in [0.4, 0.5) is 0 Å². The van der Waals surface area contributed by atoms with Crippen molar-refractivity contribution in [3.8, 4) is 11.5 Å². The van der Waals surface area contributed by atoms with Crippen LogP contribution in [0.3, 0.4) is 0 Å². The number of aliphatic hydroxyl groups is 1. The summed E-state index contributed by atoms with van der Waals surface area (Å²) in [6.07, 6.45) is 1.44. The number of β-amino-alcohol motifs (C(OH)–C–C–N with tert-alkyl or cyclic N) is 1. The Morgan fingerprint density at radius 3 is 2.53 bits per heavy atom. The van der Waals surface area contributed by atoms with E-state index in [0.717, 1.165) is 24.2 Å². The number of likely N-dealkylation sites (tertiary alicyclic amines) is 2. The van der Waals surface area contributed by atoms with E-state index in [-0.39, 0.29) is 30.5 Å². The minimum Gasteiger partial charge on any atom is -0.497 e. The second-order valence-corrected chi connectivity index (χ2v) is 8.89. The van der Waals surface area contributed by atoms with Crippen LogP contribution in [-0.4, -0.2) is 78.3 Å². The Morgan fingerprint density at radius 2 is 1.79 bits per heavy atom. The summed E-state index contributed by atoms with van der Waals surface area (Å²) in [5, 5.41) is 13.3. The summed E-state index contributed by atoms with van der Waals surface area (Å²) >= 11 is 0. The van der Waals surface area contributed by atoms with Crippen molar-refractivity contribution >= 4 is 11.8 Å². The van der Waals surface area contributed by atoms with Gasteiger partial charge in [0.05, 0.1) is 19.3 Å². The number of nitrogens with one attached hydrogen (secondary N) is 1. The minimum atomic E-state index is -0.522. The predicted octanol–water partition coefficient (Wildman–Crippen LogP) is 1.82. The molecular weight excluding hydrogens is 434 g/mol. The number of piperidine rings is 1. The lowest BCUT2D eigenvalue weighted by atomic mass is 10.0. The molecule has 2 aliphatic heterocycles. The fourth-order valence-corrected chi connectivity index (χ4v) is 4.79. The zero-order valence-electron chi connectivity index (χ0n) is 19.6. The Kier molecular flexibility index (Phi) is 8.03. The first-order valence-electron chi connectivity index (χ1n) is 11.8. The Balaban J connectivity index is 1.27. The van der Waals surface area contributed by atoms with Gasteiger partial charge in [-0.15, -0.1) is 0 Å². The van der Waals surface area contributed by atoms with Crippen LogP contribution in [0.2, 0.25) is 0 Å². The maximum absolute atomic E-state index is 13.0. The van der Waals surface area contributed by atoms with Gasteiger partial charge in [-0.25, -0.2) is 0 Å². The molecule has 182 valence electrons. The summed E-state index contributed by atoms with van der Waals surface area (Å²) < 4.78 is 10.8. The van der Waals surface area contributed by atoms with Gasteiger partial charge in [0.25, 0.3) is 5.91 Å². The number of amides is 2. The summed E-state index contributed by atoms with van der Waals surface area (Å²) in [4.78, 5) is 29.5. The number of rotatable bonds is 8. The number of hydrogen-bond acceptors (Lipinski definition) is 6. The van der Waals surface area contributed by atoms with Gasteiger partial charge in [-0.3, -0.25) is 14.5 Å². The molecule has 0 spiro atoms. The van der Waals surface area contributed by atoms with Crippen molar-refractivity contribution in [1.29, 1.82) is 0 Å². The monoisotopic (exact) mass is 467 g/mol. The highest BCUT2D eigenvalue weighted by Crippen LogP contribution is 2.27. The van der Waals surface area contributed by atoms with Crippen LogP contribution in [0.1, 0.15) is 24.8 Å². The molecule has 2 fully saturated rings. The van der Waals surface area contributed by atoms with E-state index in [2.05, 4.69) is 10.2 Å². The van der Waals surface area contributed by atoms with E-state index in [1.54, 1.807) is 7.11 Å². The zero-order chi connectivity index (χ0) is 23.9. The molecule has 4 rings (SSSR count). The topological polar surface area (TPSA) is 91.3 Å². The number of carbonyl (C=O) groups is 2. The van der Waals surface area contributed by atoms with Gasteiger partial charge < -0.3 is 24.8 Å². The van der Waals surface area contributed by atoms with E-state index in [9.17, 15) is 14.7 Å². The number of ether oxygens (including phenoxy) is 2. The van der Waals surface area contributed by atoms with Crippen LogP contribution in [0.15, 0.2) is 54.6 Å². The molecule has 2 heterocycles. The molecule has 0 bridgehead atoms. The second-order valence-electron chi connectivity index (χ2n) is 8.89. The van der Waals surface area contributed by atoms with E-state index in [0.29, 0.717) is 38.3 Å². The maximum Gasteiger partial charge on any atom is 0.260 e. The molecule has 2 saturated heterocycles.